The average molecular weight is 285 g/mol. The third-order valence-corrected chi connectivity index (χ3v) is 4.54. The highest BCUT2D eigenvalue weighted by molar-refractivity contribution is 7.88. The third kappa shape index (κ3) is 4.11. The summed E-state index contributed by atoms with van der Waals surface area (Å²) in [5.41, 5.74) is 0. The van der Waals surface area contributed by atoms with Crippen molar-refractivity contribution in [1.82, 2.24) is 4.31 Å². The van der Waals surface area contributed by atoms with Gasteiger partial charge in [-0.2, -0.15) is 0 Å². The van der Waals surface area contributed by atoms with Crippen molar-refractivity contribution >= 4 is 10.0 Å². The Morgan fingerprint density at radius 3 is 2.68 bits per heavy atom. The normalized spacial score (nSPS) is 21.2. The molecule has 1 aromatic carbocycles. The summed E-state index contributed by atoms with van der Waals surface area (Å²) < 4.78 is 30.1. The van der Waals surface area contributed by atoms with Gasteiger partial charge in [-0.3, -0.25) is 0 Å². The summed E-state index contributed by atoms with van der Waals surface area (Å²) in [6.07, 6.45) is 3.09. The lowest BCUT2D eigenvalue weighted by Gasteiger charge is -2.30. The molecular weight excluding hydrogens is 266 g/mol. The largest absolute Gasteiger partial charge is 0.508 e. The summed E-state index contributed by atoms with van der Waals surface area (Å²) in [6.45, 7) is 1.63. The van der Waals surface area contributed by atoms with E-state index < -0.39 is 10.0 Å². The van der Waals surface area contributed by atoms with Crippen molar-refractivity contribution in [3.63, 3.8) is 0 Å². The zero-order valence-corrected chi connectivity index (χ0v) is 11.8. The number of phenolic OH excluding ortho intramolecular Hbond substituents is 1. The van der Waals surface area contributed by atoms with Crippen LogP contribution in [0.3, 0.4) is 0 Å². The smallest absolute Gasteiger partial charge is 0.211 e. The van der Waals surface area contributed by atoms with Crippen LogP contribution < -0.4 is 4.74 Å². The Morgan fingerprint density at radius 2 is 2.05 bits per heavy atom. The van der Waals surface area contributed by atoms with E-state index >= 15 is 0 Å². The topological polar surface area (TPSA) is 66.8 Å². The van der Waals surface area contributed by atoms with E-state index in [2.05, 4.69) is 0 Å². The second-order valence-corrected chi connectivity index (χ2v) is 6.92. The first kappa shape index (κ1) is 14.1. The van der Waals surface area contributed by atoms with Gasteiger partial charge in [0.1, 0.15) is 11.5 Å². The van der Waals surface area contributed by atoms with Crippen LogP contribution in [0.5, 0.6) is 11.5 Å². The third-order valence-electron chi connectivity index (χ3n) is 3.27. The summed E-state index contributed by atoms with van der Waals surface area (Å²) in [4.78, 5) is 0. The maximum Gasteiger partial charge on any atom is 0.211 e. The lowest BCUT2D eigenvalue weighted by molar-refractivity contribution is 0.180. The highest BCUT2D eigenvalue weighted by atomic mass is 32.2. The van der Waals surface area contributed by atoms with Gasteiger partial charge in [0.05, 0.1) is 12.9 Å². The molecule has 0 saturated carbocycles. The standard InChI is InChI=1S/C13H19NO4S/c1-19(16,17)14-8-2-3-11(9-14)10-18-13-6-4-12(15)5-7-13/h4-7,11,15H,2-3,8-10H2,1H3. The molecule has 2 rings (SSSR count). The number of piperidine rings is 1. The van der Waals surface area contributed by atoms with Gasteiger partial charge in [-0.05, 0) is 37.1 Å². The molecule has 0 radical (unpaired) electrons. The zero-order valence-electron chi connectivity index (χ0n) is 10.9. The molecule has 5 nitrogen and oxygen atoms in total. The molecule has 1 aliphatic heterocycles. The fraction of sp³-hybridized carbons (Fsp3) is 0.538. The second kappa shape index (κ2) is 5.79. The molecule has 19 heavy (non-hydrogen) atoms. The van der Waals surface area contributed by atoms with Crippen molar-refractivity contribution in [2.45, 2.75) is 12.8 Å². The highest BCUT2D eigenvalue weighted by Crippen LogP contribution is 2.21. The Kier molecular flexibility index (Phi) is 4.31. The lowest BCUT2D eigenvalue weighted by Crippen LogP contribution is -2.40. The van der Waals surface area contributed by atoms with Gasteiger partial charge in [0.25, 0.3) is 0 Å². The van der Waals surface area contributed by atoms with Crippen LogP contribution in [0.2, 0.25) is 0 Å². The molecule has 1 aliphatic rings. The van der Waals surface area contributed by atoms with Crippen LogP contribution in [-0.2, 0) is 10.0 Å². The van der Waals surface area contributed by atoms with E-state index in [0.717, 1.165) is 12.8 Å². The molecule has 1 unspecified atom stereocenters. The summed E-state index contributed by atoms with van der Waals surface area (Å²) in [7, 11) is -3.10. The monoisotopic (exact) mass is 285 g/mol. The molecule has 0 aromatic heterocycles. The molecule has 0 amide bonds. The van der Waals surface area contributed by atoms with Crippen molar-refractivity contribution in [1.29, 1.82) is 0 Å². The van der Waals surface area contributed by atoms with E-state index in [1.54, 1.807) is 24.3 Å². The number of hydrogen-bond donors (Lipinski definition) is 1. The van der Waals surface area contributed by atoms with Crippen LogP contribution in [0, 0.1) is 5.92 Å². The first-order valence-electron chi connectivity index (χ1n) is 6.32. The Hall–Kier alpha value is -1.27. The molecule has 0 bridgehead atoms. The number of aromatic hydroxyl groups is 1. The molecule has 106 valence electrons. The van der Waals surface area contributed by atoms with Crippen LogP contribution in [0.25, 0.3) is 0 Å². The van der Waals surface area contributed by atoms with Crippen LogP contribution in [0.15, 0.2) is 24.3 Å². The van der Waals surface area contributed by atoms with Crippen molar-refractivity contribution < 1.29 is 18.3 Å². The summed E-state index contributed by atoms with van der Waals surface area (Å²) in [6, 6.07) is 6.54. The van der Waals surface area contributed by atoms with Gasteiger partial charge in [0.15, 0.2) is 0 Å². The molecule has 1 fully saturated rings. The fourth-order valence-corrected chi connectivity index (χ4v) is 3.16. The van der Waals surface area contributed by atoms with Gasteiger partial charge in [-0.1, -0.05) is 0 Å². The van der Waals surface area contributed by atoms with Gasteiger partial charge in [0, 0.05) is 19.0 Å². The fourth-order valence-electron chi connectivity index (χ4n) is 2.22. The Labute approximate surface area is 113 Å². The second-order valence-electron chi connectivity index (χ2n) is 4.93. The van der Waals surface area contributed by atoms with E-state index in [1.165, 1.54) is 10.6 Å². The summed E-state index contributed by atoms with van der Waals surface area (Å²) >= 11 is 0. The number of benzene rings is 1. The van der Waals surface area contributed by atoms with E-state index in [0.29, 0.717) is 25.4 Å². The number of ether oxygens (including phenoxy) is 1. The first-order valence-corrected chi connectivity index (χ1v) is 8.17. The molecule has 1 saturated heterocycles. The molecule has 0 spiro atoms. The molecule has 0 aliphatic carbocycles. The van der Waals surface area contributed by atoms with Gasteiger partial charge in [-0.15, -0.1) is 0 Å². The summed E-state index contributed by atoms with van der Waals surface area (Å²) in [5, 5.41) is 9.17. The number of sulfonamides is 1. The maximum absolute atomic E-state index is 11.5. The zero-order chi connectivity index (χ0) is 13.9. The van der Waals surface area contributed by atoms with Crippen LogP contribution >= 0.6 is 0 Å². The van der Waals surface area contributed by atoms with E-state index in [4.69, 9.17) is 9.84 Å². The quantitative estimate of drug-likeness (QED) is 0.909. The molecule has 6 heteroatoms. The van der Waals surface area contributed by atoms with Crippen molar-refractivity contribution in [3.8, 4) is 11.5 Å². The van der Waals surface area contributed by atoms with Gasteiger partial charge in [0.2, 0.25) is 10.0 Å². The molecule has 1 atom stereocenters. The first-order chi connectivity index (χ1) is 8.95. The number of phenols is 1. The predicted octanol–water partition coefficient (Wildman–Crippen LogP) is 1.44. The van der Waals surface area contributed by atoms with Crippen molar-refractivity contribution in [3.05, 3.63) is 24.3 Å². The van der Waals surface area contributed by atoms with Crippen LogP contribution in [0.1, 0.15) is 12.8 Å². The average Bonchev–Trinajstić information content (AvgIpc) is 2.37. The Balaban J connectivity index is 1.87. The van der Waals surface area contributed by atoms with Crippen LogP contribution in [0.4, 0.5) is 0 Å². The van der Waals surface area contributed by atoms with E-state index in [-0.39, 0.29) is 11.7 Å². The minimum Gasteiger partial charge on any atom is -0.508 e. The molecule has 1 aromatic rings. The lowest BCUT2D eigenvalue weighted by atomic mass is 10.0. The molecular formula is C13H19NO4S. The molecule has 1 heterocycles. The Morgan fingerprint density at radius 1 is 1.37 bits per heavy atom. The minimum absolute atomic E-state index is 0.202. The van der Waals surface area contributed by atoms with Crippen molar-refractivity contribution in [2.75, 3.05) is 26.0 Å². The van der Waals surface area contributed by atoms with Gasteiger partial charge in [-0.25, -0.2) is 12.7 Å². The van der Waals surface area contributed by atoms with Crippen molar-refractivity contribution in [2.24, 2.45) is 5.92 Å². The molecule has 1 N–H and O–H groups in total. The summed E-state index contributed by atoms with van der Waals surface area (Å²) in [5.74, 6) is 1.11. The maximum atomic E-state index is 11.5. The van der Waals surface area contributed by atoms with E-state index in [9.17, 15) is 8.42 Å². The number of hydrogen-bond acceptors (Lipinski definition) is 4. The Bertz CT molecular complexity index is 512. The van der Waals surface area contributed by atoms with E-state index in [1.807, 2.05) is 0 Å². The van der Waals surface area contributed by atoms with Gasteiger partial charge < -0.3 is 9.84 Å². The van der Waals surface area contributed by atoms with Gasteiger partial charge >= 0.3 is 0 Å². The minimum atomic E-state index is -3.10. The predicted molar refractivity (Wildman–Crippen MR) is 72.7 cm³/mol. The number of nitrogens with zero attached hydrogens (tertiary/aromatic N) is 1. The SMILES string of the molecule is CS(=O)(=O)N1CCCC(COc2ccc(O)cc2)C1. The van der Waals surface area contributed by atoms with Crippen LogP contribution in [-0.4, -0.2) is 43.8 Å². The number of rotatable bonds is 4. The highest BCUT2D eigenvalue weighted by Gasteiger charge is 2.26.